The molecule has 0 aliphatic rings. The van der Waals surface area contributed by atoms with E-state index in [1.165, 1.54) is 57.4 Å². The number of hydrogen-bond acceptors (Lipinski definition) is 1. The number of rotatable bonds is 12. The number of hydrogen-bond donors (Lipinski definition) is 0. The second-order valence-electron chi connectivity index (χ2n) is 5.49. The fourth-order valence-corrected chi connectivity index (χ4v) is 4.21. The second kappa shape index (κ2) is 11.0. The van der Waals surface area contributed by atoms with Gasteiger partial charge in [-0.15, -0.1) is 6.58 Å². The van der Waals surface area contributed by atoms with Gasteiger partial charge in [-0.2, -0.15) is 0 Å². The van der Waals surface area contributed by atoms with E-state index in [0.717, 1.165) is 6.61 Å². The molecule has 0 aromatic carbocycles. The Morgan fingerprint density at radius 1 is 0.941 bits per heavy atom. The molecular weight excluding hydrogens is 224 g/mol. The lowest BCUT2D eigenvalue weighted by Crippen LogP contribution is -2.29. The van der Waals surface area contributed by atoms with Crippen LogP contribution in [0.15, 0.2) is 12.7 Å². The lowest BCUT2D eigenvalue weighted by atomic mass is 10.1. The zero-order valence-corrected chi connectivity index (χ0v) is 13.3. The summed E-state index contributed by atoms with van der Waals surface area (Å²) < 4.78 is 5.83. The molecule has 0 aromatic rings. The van der Waals surface area contributed by atoms with Crippen LogP contribution in [0.3, 0.4) is 0 Å². The van der Waals surface area contributed by atoms with Crippen molar-refractivity contribution in [2.45, 2.75) is 77.4 Å². The first kappa shape index (κ1) is 16.9. The monoisotopic (exact) mass is 256 g/mol. The fourth-order valence-electron chi connectivity index (χ4n) is 2.19. The summed E-state index contributed by atoms with van der Waals surface area (Å²) in [5, 5.41) is 0. The van der Waals surface area contributed by atoms with Crippen LogP contribution in [-0.4, -0.2) is 14.9 Å². The molecule has 0 unspecified atom stereocenters. The van der Waals surface area contributed by atoms with Gasteiger partial charge < -0.3 is 4.43 Å². The van der Waals surface area contributed by atoms with Crippen LogP contribution in [0.5, 0.6) is 0 Å². The van der Waals surface area contributed by atoms with Gasteiger partial charge in [-0.05, 0) is 38.9 Å². The Kier molecular flexibility index (Phi) is 11.0. The van der Waals surface area contributed by atoms with E-state index in [0.29, 0.717) is 0 Å². The molecule has 0 atom stereocenters. The maximum absolute atomic E-state index is 5.83. The molecule has 17 heavy (non-hydrogen) atoms. The molecule has 0 spiro atoms. The van der Waals surface area contributed by atoms with Crippen molar-refractivity contribution >= 4 is 8.32 Å². The van der Waals surface area contributed by atoms with Gasteiger partial charge in [-0.1, -0.05) is 44.6 Å². The van der Waals surface area contributed by atoms with Crippen molar-refractivity contribution in [3.63, 3.8) is 0 Å². The molecule has 0 saturated heterocycles. The second-order valence-corrected chi connectivity index (χ2v) is 9.80. The molecule has 102 valence electrons. The van der Waals surface area contributed by atoms with Gasteiger partial charge in [-0.3, -0.25) is 0 Å². The Labute approximate surface area is 110 Å². The van der Waals surface area contributed by atoms with Crippen molar-refractivity contribution < 1.29 is 4.43 Å². The van der Waals surface area contributed by atoms with Crippen LogP contribution < -0.4 is 0 Å². The fraction of sp³-hybridized carbons (Fsp3) is 0.867. The third-order valence-corrected chi connectivity index (χ3v) is 5.85. The van der Waals surface area contributed by atoms with Gasteiger partial charge in [0.05, 0.1) is 0 Å². The van der Waals surface area contributed by atoms with Crippen molar-refractivity contribution in [2.24, 2.45) is 0 Å². The summed E-state index contributed by atoms with van der Waals surface area (Å²) in [6, 6.07) is 1.33. The van der Waals surface area contributed by atoms with Crippen molar-refractivity contribution in [1.82, 2.24) is 0 Å². The molecule has 2 heteroatoms. The van der Waals surface area contributed by atoms with E-state index < -0.39 is 8.32 Å². The van der Waals surface area contributed by atoms with Gasteiger partial charge in [0.25, 0.3) is 0 Å². The smallest absolute Gasteiger partial charge is 0.186 e. The summed E-state index contributed by atoms with van der Waals surface area (Å²) in [6.07, 6.45) is 12.9. The Balaban J connectivity index is 3.20. The maximum Gasteiger partial charge on any atom is 0.186 e. The Bertz CT molecular complexity index is 178. The van der Waals surface area contributed by atoms with E-state index >= 15 is 0 Å². The van der Waals surface area contributed by atoms with Crippen LogP contribution in [0.2, 0.25) is 19.1 Å². The van der Waals surface area contributed by atoms with Crippen LogP contribution in [0.4, 0.5) is 0 Å². The number of unbranched alkanes of at least 4 members (excludes halogenated alkanes) is 7. The zero-order valence-electron chi connectivity index (χ0n) is 12.3. The highest BCUT2D eigenvalue weighted by molar-refractivity contribution is 6.71. The molecular formula is C15H32OSi. The standard InChI is InChI=1S/C15H32OSi/c1-5-7-8-9-10-11-12-13-14-15-17(3,4)16-6-2/h5H,1,6-15H2,2-4H3. The predicted octanol–water partition coefficient (Wildman–Crippen LogP) is 5.53. The Hall–Kier alpha value is -0.0831. The van der Waals surface area contributed by atoms with E-state index in [2.05, 4.69) is 26.6 Å². The SMILES string of the molecule is C=CCCCCCCCCC[Si](C)(C)OCC. The van der Waals surface area contributed by atoms with Gasteiger partial charge >= 0.3 is 0 Å². The summed E-state index contributed by atoms with van der Waals surface area (Å²) in [5.41, 5.74) is 0. The quantitative estimate of drug-likeness (QED) is 0.253. The summed E-state index contributed by atoms with van der Waals surface area (Å²) in [6.45, 7) is 11.4. The van der Waals surface area contributed by atoms with Gasteiger partial charge in [0.1, 0.15) is 0 Å². The largest absolute Gasteiger partial charge is 0.418 e. The van der Waals surface area contributed by atoms with E-state index in [-0.39, 0.29) is 0 Å². The topological polar surface area (TPSA) is 9.23 Å². The average Bonchev–Trinajstić information content (AvgIpc) is 2.27. The van der Waals surface area contributed by atoms with Crippen molar-refractivity contribution in [3.05, 3.63) is 12.7 Å². The van der Waals surface area contributed by atoms with Crippen LogP contribution in [-0.2, 0) is 4.43 Å². The van der Waals surface area contributed by atoms with Gasteiger partial charge in [-0.25, -0.2) is 0 Å². The molecule has 0 N–H and O–H groups in total. The highest BCUT2D eigenvalue weighted by atomic mass is 28.4. The van der Waals surface area contributed by atoms with Gasteiger partial charge in [0, 0.05) is 6.61 Å². The summed E-state index contributed by atoms with van der Waals surface area (Å²) in [5.74, 6) is 0. The Morgan fingerprint density at radius 2 is 1.47 bits per heavy atom. The predicted molar refractivity (Wildman–Crippen MR) is 81.0 cm³/mol. The highest BCUT2D eigenvalue weighted by Crippen LogP contribution is 2.17. The van der Waals surface area contributed by atoms with E-state index in [9.17, 15) is 0 Å². The first-order valence-corrected chi connectivity index (χ1v) is 10.5. The summed E-state index contributed by atoms with van der Waals surface area (Å²) in [7, 11) is -1.30. The van der Waals surface area contributed by atoms with E-state index in [1.807, 2.05) is 6.08 Å². The molecule has 0 aromatic heterocycles. The molecule has 0 saturated carbocycles. The molecule has 0 amide bonds. The minimum atomic E-state index is -1.30. The molecule has 0 heterocycles. The number of allylic oxidation sites excluding steroid dienone is 1. The van der Waals surface area contributed by atoms with Crippen molar-refractivity contribution in [2.75, 3.05) is 6.61 Å². The van der Waals surface area contributed by atoms with Crippen LogP contribution in [0, 0.1) is 0 Å². The van der Waals surface area contributed by atoms with Gasteiger partial charge in [0.2, 0.25) is 0 Å². The molecule has 0 bridgehead atoms. The van der Waals surface area contributed by atoms with Crippen LogP contribution in [0.1, 0.15) is 58.3 Å². The lowest BCUT2D eigenvalue weighted by molar-refractivity contribution is 0.327. The van der Waals surface area contributed by atoms with Crippen LogP contribution >= 0.6 is 0 Å². The first-order valence-electron chi connectivity index (χ1n) is 7.37. The molecule has 0 rings (SSSR count). The lowest BCUT2D eigenvalue weighted by Gasteiger charge is -2.21. The highest BCUT2D eigenvalue weighted by Gasteiger charge is 2.20. The van der Waals surface area contributed by atoms with Gasteiger partial charge in [0.15, 0.2) is 8.32 Å². The normalized spacial score (nSPS) is 11.7. The van der Waals surface area contributed by atoms with Crippen molar-refractivity contribution in [3.8, 4) is 0 Å². The van der Waals surface area contributed by atoms with E-state index in [4.69, 9.17) is 4.43 Å². The third-order valence-electron chi connectivity index (χ3n) is 3.22. The third kappa shape index (κ3) is 12.2. The minimum Gasteiger partial charge on any atom is -0.418 e. The maximum atomic E-state index is 5.83. The van der Waals surface area contributed by atoms with Crippen molar-refractivity contribution in [1.29, 1.82) is 0 Å². The summed E-state index contributed by atoms with van der Waals surface area (Å²) in [4.78, 5) is 0. The molecule has 0 aliphatic carbocycles. The van der Waals surface area contributed by atoms with E-state index in [1.54, 1.807) is 0 Å². The first-order chi connectivity index (χ1) is 8.12. The van der Waals surface area contributed by atoms with Crippen LogP contribution in [0.25, 0.3) is 0 Å². The molecule has 1 nitrogen and oxygen atoms in total. The molecule has 0 radical (unpaired) electrons. The minimum absolute atomic E-state index is 0.891. The average molecular weight is 257 g/mol. The summed E-state index contributed by atoms with van der Waals surface area (Å²) >= 11 is 0. The Morgan fingerprint density at radius 3 is 2.00 bits per heavy atom. The molecule has 0 aliphatic heterocycles. The zero-order chi connectivity index (χ0) is 13.0. The molecule has 0 fully saturated rings.